The Balaban J connectivity index is 2.77. The average molecular weight is 254 g/mol. The molecule has 0 aliphatic heterocycles. The van der Waals surface area contributed by atoms with Crippen LogP contribution >= 0.6 is 15.9 Å². The Morgan fingerprint density at radius 1 is 1.50 bits per heavy atom. The smallest absolute Gasteiger partial charge is 0.132 e. The van der Waals surface area contributed by atoms with Crippen molar-refractivity contribution in [2.24, 2.45) is 0 Å². The number of fused-ring (bicyclic) bond motifs is 1. The molecule has 2 aromatic heterocycles. The fourth-order valence-electron chi connectivity index (χ4n) is 1.49. The highest BCUT2D eigenvalue weighted by Crippen LogP contribution is 2.24. The van der Waals surface area contributed by atoms with Crippen LogP contribution in [0.3, 0.4) is 0 Å². The maximum atomic E-state index is 5.72. The fourth-order valence-corrected chi connectivity index (χ4v) is 1.98. The highest BCUT2D eigenvalue weighted by Gasteiger charge is 2.11. The molecule has 0 unspecified atom stereocenters. The predicted octanol–water partition coefficient (Wildman–Crippen LogP) is 2.80. The van der Waals surface area contributed by atoms with Gasteiger partial charge in [0.15, 0.2) is 0 Å². The summed E-state index contributed by atoms with van der Waals surface area (Å²) in [6.45, 7) is 4.25. The number of rotatable bonds is 1. The van der Waals surface area contributed by atoms with Crippen molar-refractivity contribution < 1.29 is 0 Å². The summed E-state index contributed by atoms with van der Waals surface area (Å²) in [6.07, 6.45) is 1.96. The molecule has 0 saturated heterocycles. The van der Waals surface area contributed by atoms with Gasteiger partial charge in [0.05, 0.1) is 5.52 Å². The Hall–Kier alpha value is -1.03. The van der Waals surface area contributed by atoms with Crippen molar-refractivity contribution in [1.82, 2.24) is 9.38 Å². The fraction of sp³-hybridized carbons (Fsp3) is 0.300. The van der Waals surface area contributed by atoms with Gasteiger partial charge < -0.3 is 10.1 Å². The molecule has 3 nitrogen and oxygen atoms in total. The number of pyridine rings is 1. The van der Waals surface area contributed by atoms with E-state index in [9.17, 15) is 0 Å². The minimum Gasteiger partial charge on any atom is -0.399 e. The Bertz CT molecular complexity index is 473. The van der Waals surface area contributed by atoms with E-state index < -0.39 is 0 Å². The van der Waals surface area contributed by atoms with Crippen LogP contribution in [-0.2, 0) is 0 Å². The van der Waals surface area contributed by atoms with E-state index in [1.807, 2.05) is 18.3 Å². The molecule has 0 atom stereocenters. The molecule has 0 spiro atoms. The van der Waals surface area contributed by atoms with Gasteiger partial charge in [0, 0.05) is 17.8 Å². The molecule has 0 aliphatic carbocycles. The van der Waals surface area contributed by atoms with Crippen LogP contribution in [0.5, 0.6) is 0 Å². The van der Waals surface area contributed by atoms with Gasteiger partial charge in [0.2, 0.25) is 0 Å². The van der Waals surface area contributed by atoms with Crippen molar-refractivity contribution >= 4 is 27.1 Å². The van der Waals surface area contributed by atoms with Gasteiger partial charge in [-0.05, 0) is 28.1 Å². The normalized spacial score (nSPS) is 11.4. The second kappa shape index (κ2) is 3.28. The van der Waals surface area contributed by atoms with Crippen LogP contribution in [0.1, 0.15) is 25.6 Å². The van der Waals surface area contributed by atoms with Gasteiger partial charge in [0.1, 0.15) is 10.4 Å². The first kappa shape index (κ1) is 9.52. The molecule has 0 aromatic carbocycles. The topological polar surface area (TPSA) is 43.3 Å². The van der Waals surface area contributed by atoms with Gasteiger partial charge in [-0.3, -0.25) is 0 Å². The Morgan fingerprint density at radius 3 is 2.86 bits per heavy atom. The van der Waals surface area contributed by atoms with E-state index in [1.165, 1.54) is 0 Å². The highest BCUT2D eigenvalue weighted by molar-refractivity contribution is 9.10. The molecule has 2 heterocycles. The van der Waals surface area contributed by atoms with E-state index in [1.54, 1.807) is 0 Å². The molecule has 0 saturated carbocycles. The van der Waals surface area contributed by atoms with Crippen LogP contribution in [0.15, 0.2) is 22.9 Å². The summed E-state index contributed by atoms with van der Waals surface area (Å²) in [7, 11) is 0. The van der Waals surface area contributed by atoms with E-state index in [0.717, 1.165) is 21.6 Å². The van der Waals surface area contributed by atoms with Crippen LogP contribution in [-0.4, -0.2) is 9.38 Å². The maximum absolute atomic E-state index is 5.72. The lowest BCUT2D eigenvalue weighted by Crippen LogP contribution is -1.97. The van der Waals surface area contributed by atoms with Crippen LogP contribution in [0.25, 0.3) is 5.52 Å². The lowest BCUT2D eigenvalue weighted by atomic mass is 10.2. The highest BCUT2D eigenvalue weighted by atomic mass is 79.9. The number of hydrogen-bond donors (Lipinski definition) is 1. The number of halogens is 1. The Kier molecular flexibility index (Phi) is 2.23. The van der Waals surface area contributed by atoms with Gasteiger partial charge in [-0.1, -0.05) is 13.8 Å². The standard InChI is InChI=1S/C10H12BrN3/c1-6(2)10-13-9(11)8-5-7(12)3-4-14(8)10/h3-6H,12H2,1-2H3. The number of nitrogens with two attached hydrogens (primary N) is 1. The molecule has 0 fully saturated rings. The molecule has 0 bridgehead atoms. The first-order chi connectivity index (χ1) is 6.59. The number of nitrogens with zero attached hydrogens (tertiary/aromatic N) is 2. The van der Waals surface area contributed by atoms with E-state index in [-0.39, 0.29) is 0 Å². The summed E-state index contributed by atoms with van der Waals surface area (Å²) in [4.78, 5) is 4.45. The summed E-state index contributed by atoms with van der Waals surface area (Å²) >= 11 is 3.43. The summed E-state index contributed by atoms with van der Waals surface area (Å²) in [5.41, 5.74) is 7.50. The Morgan fingerprint density at radius 2 is 2.21 bits per heavy atom. The number of imidazole rings is 1. The number of nitrogen functional groups attached to an aromatic ring is 1. The lowest BCUT2D eigenvalue weighted by Gasteiger charge is -2.03. The van der Waals surface area contributed by atoms with Gasteiger partial charge in [-0.15, -0.1) is 0 Å². The predicted molar refractivity (Wildman–Crippen MR) is 61.4 cm³/mol. The minimum atomic E-state index is 0.400. The number of anilines is 1. The van der Waals surface area contributed by atoms with Crippen molar-refractivity contribution in [1.29, 1.82) is 0 Å². The van der Waals surface area contributed by atoms with E-state index in [2.05, 4.69) is 39.2 Å². The third-order valence-corrected chi connectivity index (χ3v) is 2.75. The SMILES string of the molecule is CC(C)c1nc(Br)c2cc(N)ccn12. The third kappa shape index (κ3) is 1.39. The van der Waals surface area contributed by atoms with Crippen LogP contribution in [0.2, 0.25) is 0 Å². The zero-order chi connectivity index (χ0) is 10.3. The van der Waals surface area contributed by atoms with Crippen LogP contribution in [0.4, 0.5) is 5.69 Å². The molecule has 2 aromatic rings. The minimum absolute atomic E-state index is 0.400. The molecule has 0 radical (unpaired) electrons. The molecule has 4 heteroatoms. The maximum Gasteiger partial charge on any atom is 0.132 e. The third-order valence-electron chi connectivity index (χ3n) is 2.17. The largest absolute Gasteiger partial charge is 0.399 e. The van der Waals surface area contributed by atoms with Crippen molar-refractivity contribution in [3.63, 3.8) is 0 Å². The van der Waals surface area contributed by atoms with Crippen LogP contribution in [0, 0.1) is 0 Å². The van der Waals surface area contributed by atoms with Crippen molar-refractivity contribution in [3.05, 3.63) is 28.8 Å². The first-order valence-electron chi connectivity index (χ1n) is 4.52. The zero-order valence-corrected chi connectivity index (χ0v) is 9.75. The summed E-state index contributed by atoms with van der Waals surface area (Å²) < 4.78 is 2.92. The molecule has 2 N–H and O–H groups in total. The Labute approximate surface area is 91.1 Å². The van der Waals surface area contributed by atoms with Crippen molar-refractivity contribution in [3.8, 4) is 0 Å². The molecule has 0 aliphatic rings. The van der Waals surface area contributed by atoms with Gasteiger partial charge in [0.25, 0.3) is 0 Å². The lowest BCUT2D eigenvalue weighted by molar-refractivity contribution is 0.769. The van der Waals surface area contributed by atoms with Gasteiger partial charge >= 0.3 is 0 Å². The summed E-state index contributed by atoms with van der Waals surface area (Å²) in [5, 5.41) is 0. The molecule has 14 heavy (non-hydrogen) atoms. The molecule has 2 rings (SSSR count). The molecule has 0 amide bonds. The van der Waals surface area contributed by atoms with Crippen molar-refractivity contribution in [2.75, 3.05) is 5.73 Å². The molecular weight excluding hydrogens is 242 g/mol. The van der Waals surface area contributed by atoms with Gasteiger partial charge in [-0.2, -0.15) is 0 Å². The van der Waals surface area contributed by atoms with Gasteiger partial charge in [-0.25, -0.2) is 4.98 Å². The number of hydrogen-bond acceptors (Lipinski definition) is 2. The van der Waals surface area contributed by atoms with E-state index >= 15 is 0 Å². The first-order valence-corrected chi connectivity index (χ1v) is 5.32. The summed E-state index contributed by atoms with van der Waals surface area (Å²) in [5.74, 6) is 1.45. The number of aromatic nitrogens is 2. The molecular formula is C10H12BrN3. The summed E-state index contributed by atoms with van der Waals surface area (Å²) in [6, 6.07) is 3.80. The second-order valence-electron chi connectivity index (χ2n) is 3.63. The van der Waals surface area contributed by atoms with Crippen molar-refractivity contribution in [2.45, 2.75) is 19.8 Å². The van der Waals surface area contributed by atoms with E-state index in [4.69, 9.17) is 5.73 Å². The van der Waals surface area contributed by atoms with Crippen LogP contribution < -0.4 is 5.73 Å². The zero-order valence-electron chi connectivity index (χ0n) is 8.16. The monoisotopic (exact) mass is 253 g/mol. The quantitative estimate of drug-likeness (QED) is 0.850. The van der Waals surface area contributed by atoms with E-state index in [0.29, 0.717) is 5.92 Å². The average Bonchev–Trinajstić information content (AvgIpc) is 2.44. The second-order valence-corrected chi connectivity index (χ2v) is 4.38. The molecule has 74 valence electrons.